The fraction of sp³-hybridized carbons (Fsp3) is 0.148. The minimum atomic E-state index is -4.62. The van der Waals surface area contributed by atoms with Gasteiger partial charge in [0.15, 0.2) is 6.61 Å². The van der Waals surface area contributed by atoms with Crippen LogP contribution >= 0.6 is 0 Å². The van der Waals surface area contributed by atoms with Crippen molar-refractivity contribution in [1.82, 2.24) is 0 Å². The van der Waals surface area contributed by atoms with Crippen LogP contribution in [0.1, 0.15) is 27.2 Å². The number of ether oxygens (including phenoxy) is 2. The number of methoxy groups -OCH3 is 1. The summed E-state index contributed by atoms with van der Waals surface area (Å²) in [5, 5.41) is 5.46. The SMILES string of the molecule is COc1ccc2oc(C(=O)OCC(=O)N(/N=C\c3ccccc3)c3cccc(C(F)(F)F)c3)c(C)c2c1. The van der Waals surface area contributed by atoms with Gasteiger partial charge in [-0.3, -0.25) is 4.79 Å². The average Bonchev–Trinajstić information content (AvgIpc) is 3.23. The van der Waals surface area contributed by atoms with Crippen LogP contribution in [-0.4, -0.2) is 31.8 Å². The molecule has 0 atom stereocenters. The molecule has 0 fully saturated rings. The number of esters is 1. The van der Waals surface area contributed by atoms with E-state index in [1.807, 2.05) is 0 Å². The lowest BCUT2D eigenvalue weighted by molar-refractivity contribution is -0.137. The Labute approximate surface area is 209 Å². The summed E-state index contributed by atoms with van der Waals surface area (Å²) in [4.78, 5) is 25.7. The van der Waals surface area contributed by atoms with Crippen LogP contribution in [0.3, 0.4) is 0 Å². The van der Waals surface area contributed by atoms with Gasteiger partial charge in [0.25, 0.3) is 5.91 Å². The number of benzene rings is 3. The van der Waals surface area contributed by atoms with Crippen LogP contribution in [0.25, 0.3) is 11.0 Å². The second-order valence-corrected chi connectivity index (χ2v) is 7.90. The first-order valence-electron chi connectivity index (χ1n) is 11.0. The van der Waals surface area contributed by atoms with Crippen molar-refractivity contribution in [2.24, 2.45) is 5.10 Å². The monoisotopic (exact) mass is 510 g/mol. The third kappa shape index (κ3) is 5.80. The summed E-state index contributed by atoms with van der Waals surface area (Å²) in [6, 6.07) is 17.8. The predicted molar refractivity (Wildman–Crippen MR) is 131 cm³/mol. The van der Waals surface area contributed by atoms with Gasteiger partial charge in [-0.15, -0.1) is 0 Å². The number of anilines is 1. The number of hydrogen-bond acceptors (Lipinski definition) is 6. The Balaban J connectivity index is 1.57. The molecule has 0 aliphatic rings. The Morgan fingerprint density at radius 1 is 1.03 bits per heavy atom. The highest BCUT2D eigenvalue weighted by Crippen LogP contribution is 2.32. The normalized spacial score (nSPS) is 11.6. The van der Waals surface area contributed by atoms with E-state index >= 15 is 0 Å². The number of halogens is 3. The molecule has 1 amide bonds. The lowest BCUT2D eigenvalue weighted by Gasteiger charge is -2.18. The van der Waals surface area contributed by atoms with Gasteiger partial charge in [0.05, 0.1) is 24.6 Å². The fourth-order valence-electron chi connectivity index (χ4n) is 3.53. The van der Waals surface area contributed by atoms with Crippen LogP contribution < -0.4 is 9.75 Å². The van der Waals surface area contributed by atoms with Crippen LogP contribution in [0.15, 0.2) is 82.3 Å². The third-order valence-corrected chi connectivity index (χ3v) is 5.43. The lowest BCUT2D eigenvalue weighted by atomic mass is 10.1. The number of amides is 1. The molecule has 1 heterocycles. The Bertz CT molecular complexity index is 1460. The maximum atomic E-state index is 13.3. The van der Waals surface area contributed by atoms with Gasteiger partial charge in [0, 0.05) is 10.9 Å². The highest BCUT2D eigenvalue weighted by Gasteiger charge is 2.31. The van der Waals surface area contributed by atoms with Crippen molar-refractivity contribution in [2.45, 2.75) is 13.1 Å². The van der Waals surface area contributed by atoms with Crippen molar-refractivity contribution in [1.29, 1.82) is 0 Å². The van der Waals surface area contributed by atoms with Crippen molar-refractivity contribution >= 4 is 34.7 Å². The Hall–Kier alpha value is -4.60. The molecule has 4 rings (SSSR count). The number of carbonyl (C=O) groups excluding carboxylic acids is 2. The molecular weight excluding hydrogens is 489 g/mol. The van der Waals surface area contributed by atoms with E-state index in [9.17, 15) is 22.8 Å². The topological polar surface area (TPSA) is 81.3 Å². The minimum Gasteiger partial charge on any atom is -0.497 e. The van der Waals surface area contributed by atoms with E-state index < -0.39 is 30.2 Å². The van der Waals surface area contributed by atoms with Crippen LogP contribution in [0.2, 0.25) is 0 Å². The van der Waals surface area contributed by atoms with Gasteiger partial charge in [0.2, 0.25) is 5.76 Å². The highest BCUT2D eigenvalue weighted by molar-refractivity contribution is 6.00. The van der Waals surface area contributed by atoms with E-state index in [2.05, 4.69) is 5.10 Å². The molecule has 0 spiro atoms. The van der Waals surface area contributed by atoms with Gasteiger partial charge >= 0.3 is 12.1 Å². The maximum Gasteiger partial charge on any atom is 0.416 e. The number of alkyl halides is 3. The molecule has 1 aromatic heterocycles. The molecule has 0 aliphatic heterocycles. The quantitative estimate of drug-likeness (QED) is 0.173. The third-order valence-electron chi connectivity index (χ3n) is 5.43. The molecule has 0 unspecified atom stereocenters. The predicted octanol–water partition coefficient (Wildman–Crippen LogP) is 5.99. The Morgan fingerprint density at radius 3 is 2.49 bits per heavy atom. The summed E-state index contributed by atoms with van der Waals surface area (Å²) in [5.74, 6) is -1.30. The lowest BCUT2D eigenvalue weighted by Crippen LogP contribution is -2.31. The number of carbonyl (C=O) groups is 2. The van der Waals surface area contributed by atoms with Gasteiger partial charge in [-0.1, -0.05) is 36.4 Å². The molecule has 0 saturated carbocycles. The van der Waals surface area contributed by atoms with Gasteiger partial charge in [-0.25, -0.2) is 4.79 Å². The van der Waals surface area contributed by atoms with Gasteiger partial charge < -0.3 is 13.9 Å². The zero-order valence-corrected chi connectivity index (χ0v) is 19.8. The summed E-state index contributed by atoms with van der Waals surface area (Å²) in [5.41, 5.74) is 0.425. The van der Waals surface area contributed by atoms with Crippen LogP contribution in [0, 0.1) is 6.92 Å². The fourth-order valence-corrected chi connectivity index (χ4v) is 3.53. The summed E-state index contributed by atoms with van der Waals surface area (Å²) >= 11 is 0. The molecule has 3 aromatic carbocycles. The van der Waals surface area contributed by atoms with Crippen LogP contribution in [0.5, 0.6) is 5.75 Å². The van der Waals surface area contributed by atoms with E-state index in [4.69, 9.17) is 13.9 Å². The van der Waals surface area contributed by atoms with E-state index in [0.29, 0.717) is 27.8 Å². The second-order valence-electron chi connectivity index (χ2n) is 7.90. The molecule has 0 radical (unpaired) electrons. The standard InChI is InChI=1S/C27H21F3N2O5/c1-17-22-14-21(35-2)11-12-23(22)37-25(17)26(34)36-16-24(33)32(31-15-18-7-4-3-5-8-18)20-10-6-9-19(13-20)27(28,29)30/h3-15H,16H2,1-2H3/b31-15-. The van der Waals surface area contributed by atoms with Crippen molar-refractivity contribution < 1.29 is 36.7 Å². The minimum absolute atomic E-state index is 0.102. The van der Waals surface area contributed by atoms with Crippen molar-refractivity contribution in [3.8, 4) is 5.75 Å². The number of hydrazone groups is 1. The second kappa shape index (κ2) is 10.6. The van der Waals surface area contributed by atoms with E-state index in [1.54, 1.807) is 55.5 Å². The molecule has 0 saturated heterocycles. The summed E-state index contributed by atoms with van der Waals surface area (Å²) in [6.45, 7) is 0.865. The number of nitrogens with zero attached hydrogens (tertiary/aromatic N) is 2. The van der Waals surface area contributed by atoms with E-state index in [1.165, 1.54) is 19.4 Å². The smallest absolute Gasteiger partial charge is 0.416 e. The van der Waals surface area contributed by atoms with Crippen LogP contribution in [0.4, 0.5) is 18.9 Å². The van der Waals surface area contributed by atoms with E-state index in [-0.39, 0.29) is 11.4 Å². The highest BCUT2D eigenvalue weighted by atomic mass is 19.4. The number of aryl methyl sites for hydroxylation is 1. The molecule has 0 bridgehead atoms. The Kier molecular flexibility index (Phi) is 7.28. The zero-order valence-electron chi connectivity index (χ0n) is 19.8. The summed E-state index contributed by atoms with van der Waals surface area (Å²) < 4.78 is 55.7. The van der Waals surface area contributed by atoms with Crippen LogP contribution in [-0.2, 0) is 15.7 Å². The first kappa shape index (κ1) is 25.5. The average molecular weight is 510 g/mol. The van der Waals surface area contributed by atoms with Crippen molar-refractivity contribution in [2.75, 3.05) is 18.7 Å². The molecule has 10 heteroatoms. The first-order chi connectivity index (χ1) is 17.7. The zero-order chi connectivity index (χ0) is 26.6. The number of fused-ring (bicyclic) bond motifs is 1. The van der Waals surface area contributed by atoms with Crippen molar-refractivity contribution in [3.63, 3.8) is 0 Å². The van der Waals surface area contributed by atoms with Crippen molar-refractivity contribution in [3.05, 3.63) is 95.2 Å². The molecule has 0 aliphatic carbocycles. The van der Waals surface area contributed by atoms with Gasteiger partial charge in [0.1, 0.15) is 11.3 Å². The van der Waals surface area contributed by atoms with E-state index in [0.717, 1.165) is 23.2 Å². The summed E-state index contributed by atoms with van der Waals surface area (Å²) in [7, 11) is 1.51. The van der Waals surface area contributed by atoms with Gasteiger partial charge in [-0.2, -0.15) is 23.3 Å². The molecule has 7 nitrogen and oxygen atoms in total. The van der Waals surface area contributed by atoms with Gasteiger partial charge in [-0.05, 0) is 48.9 Å². The summed E-state index contributed by atoms with van der Waals surface area (Å²) in [6.07, 6.45) is -3.31. The molecule has 4 aromatic rings. The maximum absolute atomic E-state index is 13.3. The number of hydrogen-bond donors (Lipinski definition) is 0. The molecule has 0 N–H and O–H groups in total. The molecule has 37 heavy (non-hydrogen) atoms. The number of rotatable bonds is 7. The largest absolute Gasteiger partial charge is 0.497 e. The first-order valence-corrected chi connectivity index (χ1v) is 11.0. The molecule has 190 valence electrons. The number of furan rings is 1. The molecular formula is C27H21F3N2O5. The Morgan fingerprint density at radius 2 is 1.78 bits per heavy atom.